The summed E-state index contributed by atoms with van der Waals surface area (Å²) in [6.07, 6.45) is 1.58. The van der Waals surface area contributed by atoms with E-state index >= 15 is 0 Å². The molecule has 1 atom stereocenters. The fourth-order valence-electron chi connectivity index (χ4n) is 2.33. The number of anilines is 1. The topological polar surface area (TPSA) is 32.3 Å². The van der Waals surface area contributed by atoms with E-state index in [1.165, 1.54) is 5.56 Å². The van der Waals surface area contributed by atoms with E-state index in [-0.39, 0.29) is 12.1 Å². The van der Waals surface area contributed by atoms with Crippen molar-refractivity contribution in [2.45, 2.75) is 25.3 Å². The molecule has 2 aromatic rings. The number of halogens is 2. The van der Waals surface area contributed by atoms with Crippen LogP contribution < -0.4 is 5.32 Å². The highest BCUT2D eigenvalue weighted by molar-refractivity contribution is 9.10. The second-order valence-electron chi connectivity index (χ2n) is 5.21. The second kappa shape index (κ2) is 7.30. The minimum atomic E-state index is -0.380. The molecule has 0 saturated carbocycles. The molecule has 0 spiro atoms. The lowest BCUT2D eigenvalue weighted by molar-refractivity contribution is 0.205. The van der Waals surface area contributed by atoms with E-state index in [4.69, 9.17) is 11.6 Å². The van der Waals surface area contributed by atoms with Crippen molar-refractivity contribution in [1.29, 1.82) is 0 Å². The third kappa shape index (κ3) is 4.22. The lowest BCUT2D eigenvalue weighted by atomic mass is 9.88. The number of nitrogens with one attached hydrogen (secondary N) is 1. The van der Waals surface area contributed by atoms with Gasteiger partial charge in [-0.15, -0.1) is 0 Å². The Kier molecular flexibility index (Phi) is 5.68. The zero-order valence-corrected chi connectivity index (χ0v) is 14.3. The highest BCUT2D eigenvalue weighted by Gasteiger charge is 2.27. The van der Waals surface area contributed by atoms with Crippen molar-refractivity contribution >= 4 is 33.2 Å². The minimum absolute atomic E-state index is 0.0681. The fourth-order valence-corrected chi connectivity index (χ4v) is 2.83. The van der Waals surface area contributed by atoms with E-state index in [1.54, 1.807) is 0 Å². The average Bonchev–Trinajstić information content (AvgIpc) is 2.51. The van der Waals surface area contributed by atoms with Gasteiger partial charge in [-0.05, 0) is 52.5 Å². The fraction of sp³-hybridized carbons (Fsp3) is 0.294. The molecule has 4 heteroatoms. The summed E-state index contributed by atoms with van der Waals surface area (Å²) in [5.74, 6) is 0. The summed E-state index contributed by atoms with van der Waals surface area (Å²) in [5.41, 5.74) is 1.77. The maximum Gasteiger partial charge on any atom is 0.0664 e. The summed E-state index contributed by atoms with van der Waals surface area (Å²) >= 11 is 9.46. The molecular formula is C17H19BrClNO. The number of aliphatic hydroxyl groups excluding tert-OH is 1. The zero-order chi connectivity index (χ0) is 15.3. The quantitative estimate of drug-likeness (QED) is 0.760. The van der Waals surface area contributed by atoms with Crippen molar-refractivity contribution in [1.82, 2.24) is 0 Å². The van der Waals surface area contributed by atoms with Crippen molar-refractivity contribution in [3.8, 4) is 0 Å². The van der Waals surface area contributed by atoms with E-state index in [0.717, 1.165) is 23.0 Å². The lowest BCUT2D eigenvalue weighted by Crippen LogP contribution is -2.43. The SMILES string of the molecule is CCC(CO)(Cc1ccccc1)Nc1ccc(Cl)c(Br)c1. The predicted octanol–water partition coefficient (Wildman–Crippen LogP) is 4.90. The van der Waals surface area contributed by atoms with Crippen molar-refractivity contribution in [3.05, 3.63) is 63.6 Å². The molecule has 0 fully saturated rings. The molecule has 21 heavy (non-hydrogen) atoms. The third-order valence-electron chi connectivity index (χ3n) is 3.69. The van der Waals surface area contributed by atoms with E-state index < -0.39 is 0 Å². The van der Waals surface area contributed by atoms with Gasteiger partial charge in [0.15, 0.2) is 0 Å². The van der Waals surface area contributed by atoms with Gasteiger partial charge in [0.2, 0.25) is 0 Å². The Morgan fingerprint density at radius 1 is 1.19 bits per heavy atom. The van der Waals surface area contributed by atoms with Gasteiger partial charge in [0.25, 0.3) is 0 Å². The van der Waals surface area contributed by atoms with Crippen LogP contribution in [-0.4, -0.2) is 17.3 Å². The number of benzene rings is 2. The highest BCUT2D eigenvalue weighted by atomic mass is 79.9. The van der Waals surface area contributed by atoms with Crippen LogP contribution in [0.5, 0.6) is 0 Å². The first-order valence-corrected chi connectivity index (χ1v) is 8.14. The molecule has 0 amide bonds. The van der Waals surface area contributed by atoms with Gasteiger partial charge >= 0.3 is 0 Å². The standard InChI is InChI=1S/C17H19BrClNO/c1-2-17(12-21,11-13-6-4-3-5-7-13)20-14-8-9-16(19)15(18)10-14/h3-10,20-21H,2,11-12H2,1H3. The first kappa shape index (κ1) is 16.3. The van der Waals surface area contributed by atoms with Gasteiger partial charge < -0.3 is 10.4 Å². The van der Waals surface area contributed by atoms with Crippen molar-refractivity contribution in [2.24, 2.45) is 0 Å². The van der Waals surface area contributed by atoms with Crippen LogP contribution in [0.25, 0.3) is 0 Å². The van der Waals surface area contributed by atoms with Crippen molar-refractivity contribution in [3.63, 3.8) is 0 Å². The molecule has 0 aliphatic rings. The summed E-state index contributed by atoms with van der Waals surface area (Å²) in [6.45, 7) is 2.15. The maximum absolute atomic E-state index is 9.92. The Labute approximate surface area is 139 Å². The molecule has 2 aromatic carbocycles. The van der Waals surface area contributed by atoms with Gasteiger partial charge in [-0.1, -0.05) is 48.9 Å². The Hall–Kier alpha value is -1.03. The lowest BCUT2D eigenvalue weighted by Gasteiger charge is -2.33. The maximum atomic E-state index is 9.92. The molecule has 0 saturated heterocycles. The zero-order valence-electron chi connectivity index (χ0n) is 11.9. The normalized spacial score (nSPS) is 13.7. The van der Waals surface area contributed by atoms with Crippen molar-refractivity contribution < 1.29 is 5.11 Å². The first-order chi connectivity index (χ1) is 10.1. The van der Waals surface area contributed by atoms with Crippen LogP contribution >= 0.6 is 27.5 Å². The van der Waals surface area contributed by atoms with Crippen LogP contribution in [0.3, 0.4) is 0 Å². The second-order valence-corrected chi connectivity index (χ2v) is 6.47. The average molecular weight is 369 g/mol. The van der Waals surface area contributed by atoms with E-state index in [9.17, 15) is 5.11 Å². The number of rotatable bonds is 6. The van der Waals surface area contributed by atoms with Gasteiger partial charge in [-0.2, -0.15) is 0 Å². The van der Waals surface area contributed by atoms with E-state index in [0.29, 0.717) is 5.02 Å². The Balaban J connectivity index is 2.23. The van der Waals surface area contributed by atoms with Crippen LogP contribution in [-0.2, 0) is 6.42 Å². The van der Waals surface area contributed by atoms with Gasteiger partial charge in [0.05, 0.1) is 17.2 Å². The highest BCUT2D eigenvalue weighted by Crippen LogP contribution is 2.29. The molecule has 1 unspecified atom stereocenters. The Bertz CT molecular complexity index is 585. The van der Waals surface area contributed by atoms with Gasteiger partial charge in [0, 0.05) is 10.2 Å². The monoisotopic (exact) mass is 367 g/mol. The summed E-state index contributed by atoms with van der Waals surface area (Å²) in [5, 5.41) is 14.1. The molecule has 2 rings (SSSR count). The summed E-state index contributed by atoms with van der Waals surface area (Å²) in [7, 11) is 0. The van der Waals surface area contributed by atoms with Crippen LogP contribution in [0.15, 0.2) is 53.0 Å². The summed E-state index contributed by atoms with van der Waals surface area (Å²) in [6, 6.07) is 15.9. The molecule has 0 bridgehead atoms. The molecule has 0 aromatic heterocycles. The van der Waals surface area contributed by atoms with E-state index in [1.807, 2.05) is 36.4 Å². The summed E-state index contributed by atoms with van der Waals surface area (Å²) in [4.78, 5) is 0. The van der Waals surface area contributed by atoms with Crippen LogP contribution in [0.4, 0.5) is 5.69 Å². The number of hydrogen-bond donors (Lipinski definition) is 2. The molecule has 0 aliphatic carbocycles. The van der Waals surface area contributed by atoms with E-state index in [2.05, 4.69) is 40.3 Å². The van der Waals surface area contributed by atoms with Crippen LogP contribution in [0, 0.1) is 0 Å². The Morgan fingerprint density at radius 3 is 2.48 bits per heavy atom. The smallest absolute Gasteiger partial charge is 0.0664 e. The molecule has 0 heterocycles. The van der Waals surface area contributed by atoms with Crippen LogP contribution in [0.2, 0.25) is 5.02 Å². The van der Waals surface area contributed by atoms with Crippen molar-refractivity contribution in [2.75, 3.05) is 11.9 Å². The van der Waals surface area contributed by atoms with Gasteiger partial charge in [-0.3, -0.25) is 0 Å². The predicted molar refractivity (Wildman–Crippen MR) is 93.0 cm³/mol. The minimum Gasteiger partial charge on any atom is -0.394 e. The number of aliphatic hydroxyl groups is 1. The summed E-state index contributed by atoms with van der Waals surface area (Å²) < 4.78 is 0.844. The first-order valence-electron chi connectivity index (χ1n) is 6.96. The molecule has 0 radical (unpaired) electrons. The largest absolute Gasteiger partial charge is 0.394 e. The van der Waals surface area contributed by atoms with Crippen LogP contribution in [0.1, 0.15) is 18.9 Å². The molecule has 2 nitrogen and oxygen atoms in total. The molecule has 112 valence electrons. The van der Waals surface area contributed by atoms with Gasteiger partial charge in [-0.25, -0.2) is 0 Å². The number of hydrogen-bond acceptors (Lipinski definition) is 2. The third-order valence-corrected chi connectivity index (χ3v) is 4.91. The molecule has 2 N–H and O–H groups in total. The molecule has 0 aliphatic heterocycles. The molecular weight excluding hydrogens is 350 g/mol. The Morgan fingerprint density at radius 2 is 1.90 bits per heavy atom. The van der Waals surface area contributed by atoms with Gasteiger partial charge in [0.1, 0.15) is 0 Å².